The van der Waals surface area contributed by atoms with Crippen molar-refractivity contribution in [2.75, 3.05) is 11.5 Å². The van der Waals surface area contributed by atoms with Gasteiger partial charge >= 0.3 is 0 Å². The first kappa shape index (κ1) is 14.5. The molecule has 0 aliphatic heterocycles. The van der Waals surface area contributed by atoms with Crippen LogP contribution in [0.4, 0.5) is 0 Å². The van der Waals surface area contributed by atoms with Crippen molar-refractivity contribution < 1.29 is 0 Å². The van der Waals surface area contributed by atoms with Gasteiger partial charge in [0, 0.05) is 42.0 Å². The standard InChI is InChI=1S/C16H24N2S/c1-4-19-10-9-18-12-14(11-17-13(2)3)15-7-5-6-8-16(15)18/h5-8,12-13,17H,4,9-11H2,1-3H3. The Kier molecular flexibility index (Phi) is 5.34. The Bertz CT molecular complexity index is 516. The molecule has 0 aliphatic carbocycles. The van der Waals surface area contributed by atoms with Gasteiger partial charge in [-0.15, -0.1) is 0 Å². The quantitative estimate of drug-likeness (QED) is 0.773. The van der Waals surface area contributed by atoms with Gasteiger partial charge in [-0.3, -0.25) is 0 Å². The summed E-state index contributed by atoms with van der Waals surface area (Å²) in [6, 6.07) is 9.25. The molecule has 2 rings (SSSR count). The lowest BCUT2D eigenvalue weighted by atomic mass is 10.2. The van der Waals surface area contributed by atoms with E-state index >= 15 is 0 Å². The molecule has 1 aromatic carbocycles. The van der Waals surface area contributed by atoms with Crippen molar-refractivity contribution in [2.45, 2.75) is 39.9 Å². The number of benzene rings is 1. The van der Waals surface area contributed by atoms with Crippen molar-refractivity contribution in [3.8, 4) is 0 Å². The van der Waals surface area contributed by atoms with Crippen LogP contribution in [0.15, 0.2) is 30.5 Å². The van der Waals surface area contributed by atoms with Gasteiger partial charge in [0.1, 0.15) is 0 Å². The van der Waals surface area contributed by atoms with E-state index in [0.29, 0.717) is 6.04 Å². The van der Waals surface area contributed by atoms with Crippen LogP contribution >= 0.6 is 11.8 Å². The number of thioether (sulfide) groups is 1. The monoisotopic (exact) mass is 276 g/mol. The van der Waals surface area contributed by atoms with Gasteiger partial charge in [-0.05, 0) is 17.4 Å². The first-order valence-corrected chi connectivity index (χ1v) is 8.25. The summed E-state index contributed by atoms with van der Waals surface area (Å²) in [4.78, 5) is 0. The van der Waals surface area contributed by atoms with Crippen LogP contribution in [0.3, 0.4) is 0 Å². The van der Waals surface area contributed by atoms with Crippen LogP contribution in [0, 0.1) is 0 Å². The molecule has 1 aromatic heterocycles. The molecule has 2 aromatic rings. The molecule has 0 radical (unpaired) electrons. The van der Waals surface area contributed by atoms with Crippen LogP contribution in [0.1, 0.15) is 26.3 Å². The Morgan fingerprint density at radius 1 is 1.26 bits per heavy atom. The number of fused-ring (bicyclic) bond motifs is 1. The van der Waals surface area contributed by atoms with Crippen LogP contribution in [0.25, 0.3) is 10.9 Å². The first-order valence-electron chi connectivity index (χ1n) is 7.10. The van der Waals surface area contributed by atoms with Crippen molar-refractivity contribution >= 4 is 22.7 Å². The van der Waals surface area contributed by atoms with E-state index in [1.54, 1.807) is 0 Å². The van der Waals surface area contributed by atoms with E-state index < -0.39 is 0 Å². The summed E-state index contributed by atoms with van der Waals surface area (Å²) in [6.45, 7) is 8.65. The number of aromatic nitrogens is 1. The first-order chi connectivity index (χ1) is 9.22. The smallest absolute Gasteiger partial charge is 0.0483 e. The zero-order valence-corrected chi connectivity index (χ0v) is 13.0. The number of hydrogen-bond acceptors (Lipinski definition) is 2. The predicted molar refractivity (Wildman–Crippen MR) is 86.9 cm³/mol. The summed E-state index contributed by atoms with van der Waals surface area (Å²) >= 11 is 2.00. The number of nitrogens with one attached hydrogen (secondary N) is 1. The minimum atomic E-state index is 0.526. The van der Waals surface area contributed by atoms with Gasteiger partial charge in [0.25, 0.3) is 0 Å². The molecule has 0 fully saturated rings. The molecule has 0 saturated heterocycles. The Hall–Kier alpha value is -0.930. The van der Waals surface area contributed by atoms with Gasteiger partial charge in [0.15, 0.2) is 0 Å². The van der Waals surface area contributed by atoms with Gasteiger partial charge in [0.2, 0.25) is 0 Å². The topological polar surface area (TPSA) is 17.0 Å². The van der Waals surface area contributed by atoms with Gasteiger partial charge < -0.3 is 9.88 Å². The second kappa shape index (κ2) is 7.01. The number of para-hydroxylation sites is 1. The van der Waals surface area contributed by atoms with Crippen molar-refractivity contribution in [2.24, 2.45) is 0 Å². The molecule has 0 spiro atoms. The molecule has 104 valence electrons. The molecular weight excluding hydrogens is 252 g/mol. The summed E-state index contributed by atoms with van der Waals surface area (Å²) in [6.07, 6.45) is 2.32. The molecule has 1 heterocycles. The van der Waals surface area contributed by atoms with Crippen LogP contribution in [-0.2, 0) is 13.1 Å². The number of aryl methyl sites for hydroxylation is 1. The second-order valence-electron chi connectivity index (χ2n) is 5.10. The Morgan fingerprint density at radius 2 is 2.05 bits per heavy atom. The van der Waals surface area contributed by atoms with Crippen molar-refractivity contribution in [1.82, 2.24) is 9.88 Å². The minimum Gasteiger partial charge on any atom is -0.346 e. The fraction of sp³-hybridized carbons (Fsp3) is 0.500. The van der Waals surface area contributed by atoms with E-state index in [9.17, 15) is 0 Å². The van der Waals surface area contributed by atoms with E-state index in [-0.39, 0.29) is 0 Å². The summed E-state index contributed by atoms with van der Waals surface area (Å²) in [5.74, 6) is 2.38. The number of rotatable bonds is 7. The Balaban J connectivity index is 2.21. The fourth-order valence-corrected chi connectivity index (χ4v) is 2.88. The normalized spacial score (nSPS) is 11.6. The maximum Gasteiger partial charge on any atom is 0.0483 e. The summed E-state index contributed by atoms with van der Waals surface area (Å²) < 4.78 is 2.40. The van der Waals surface area contributed by atoms with Gasteiger partial charge in [-0.25, -0.2) is 0 Å². The van der Waals surface area contributed by atoms with E-state index in [2.05, 4.69) is 61.1 Å². The van der Waals surface area contributed by atoms with Crippen molar-refractivity contribution in [3.05, 3.63) is 36.0 Å². The van der Waals surface area contributed by atoms with Crippen molar-refractivity contribution in [3.63, 3.8) is 0 Å². The SMILES string of the molecule is CCSCCn1cc(CNC(C)C)c2ccccc21. The average Bonchev–Trinajstić information content (AvgIpc) is 2.76. The maximum atomic E-state index is 3.52. The summed E-state index contributed by atoms with van der Waals surface area (Å²) in [5.41, 5.74) is 2.77. The molecule has 0 amide bonds. The van der Waals surface area contributed by atoms with Crippen LogP contribution in [0.2, 0.25) is 0 Å². The number of hydrogen-bond donors (Lipinski definition) is 1. The largest absolute Gasteiger partial charge is 0.346 e. The molecule has 0 bridgehead atoms. The Morgan fingerprint density at radius 3 is 2.79 bits per heavy atom. The van der Waals surface area contributed by atoms with Crippen LogP contribution in [0.5, 0.6) is 0 Å². The zero-order valence-electron chi connectivity index (χ0n) is 12.1. The zero-order chi connectivity index (χ0) is 13.7. The van der Waals surface area contributed by atoms with Gasteiger partial charge in [-0.2, -0.15) is 11.8 Å². The lowest BCUT2D eigenvalue weighted by molar-refractivity contribution is 0.589. The number of nitrogens with zero attached hydrogens (tertiary/aromatic N) is 1. The molecule has 3 heteroatoms. The third-order valence-electron chi connectivity index (χ3n) is 3.25. The molecule has 0 saturated carbocycles. The third-order valence-corrected chi connectivity index (χ3v) is 4.13. The highest BCUT2D eigenvalue weighted by Gasteiger charge is 2.07. The summed E-state index contributed by atoms with van der Waals surface area (Å²) in [5, 5.41) is 4.90. The van der Waals surface area contributed by atoms with Gasteiger partial charge in [0.05, 0.1) is 0 Å². The van der Waals surface area contributed by atoms with E-state index in [4.69, 9.17) is 0 Å². The average molecular weight is 276 g/mol. The highest BCUT2D eigenvalue weighted by atomic mass is 32.2. The lowest BCUT2D eigenvalue weighted by Gasteiger charge is -2.06. The molecule has 2 nitrogen and oxygen atoms in total. The molecule has 0 unspecified atom stereocenters. The van der Waals surface area contributed by atoms with Gasteiger partial charge in [-0.1, -0.05) is 39.0 Å². The Labute approximate surface area is 120 Å². The maximum absolute atomic E-state index is 3.52. The van der Waals surface area contributed by atoms with E-state index in [0.717, 1.165) is 13.1 Å². The predicted octanol–water partition coefficient (Wildman–Crippen LogP) is 3.89. The molecule has 0 atom stereocenters. The molecule has 19 heavy (non-hydrogen) atoms. The van der Waals surface area contributed by atoms with E-state index in [1.165, 1.54) is 28.0 Å². The highest BCUT2D eigenvalue weighted by Crippen LogP contribution is 2.21. The minimum absolute atomic E-state index is 0.526. The van der Waals surface area contributed by atoms with Crippen molar-refractivity contribution in [1.29, 1.82) is 0 Å². The van der Waals surface area contributed by atoms with E-state index in [1.807, 2.05) is 11.8 Å². The molecule has 0 aliphatic rings. The van der Waals surface area contributed by atoms with Crippen LogP contribution < -0.4 is 5.32 Å². The molecule has 1 N–H and O–H groups in total. The summed E-state index contributed by atoms with van der Waals surface area (Å²) in [7, 11) is 0. The highest BCUT2D eigenvalue weighted by molar-refractivity contribution is 7.99. The second-order valence-corrected chi connectivity index (χ2v) is 6.49. The lowest BCUT2D eigenvalue weighted by Crippen LogP contribution is -2.21. The third kappa shape index (κ3) is 3.77. The molecular formula is C16H24N2S. The fourth-order valence-electron chi connectivity index (χ4n) is 2.27. The van der Waals surface area contributed by atoms with Crippen LogP contribution in [-0.4, -0.2) is 22.1 Å².